The zero-order valence-corrected chi connectivity index (χ0v) is 26.3. The molecule has 0 aliphatic heterocycles. The van der Waals surface area contributed by atoms with Crippen LogP contribution >= 0.6 is 0 Å². The first-order valence-corrected chi connectivity index (χ1v) is 14.1. The molecule has 1 atom stereocenters. The minimum Gasteiger partial charge on any atom is -0.377 e. The molecule has 0 heterocycles. The van der Waals surface area contributed by atoms with Crippen LogP contribution in [-0.4, -0.2) is 19.5 Å². The number of terminal acetylenes is 1. The first-order chi connectivity index (χ1) is 19.2. The van der Waals surface area contributed by atoms with E-state index in [0.29, 0.717) is 17.6 Å². The van der Waals surface area contributed by atoms with Crippen molar-refractivity contribution < 1.29 is 18.3 Å². The molecule has 40 heavy (non-hydrogen) atoms. The van der Waals surface area contributed by atoms with Gasteiger partial charge in [-0.25, -0.2) is 8.78 Å². The van der Waals surface area contributed by atoms with E-state index in [0.717, 1.165) is 39.7 Å². The van der Waals surface area contributed by atoms with Crippen LogP contribution in [0.4, 0.5) is 8.78 Å². The number of benzene rings is 2. The Kier molecular flexibility index (Phi) is 22.9. The number of rotatable bonds is 9. The molecule has 0 aliphatic rings. The average molecular weight is 553 g/mol. The maximum Gasteiger partial charge on any atom is 0.146 e. The van der Waals surface area contributed by atoms with Gasteiger partial charge in [-0.3, -0.25) is 4.79 Å². The highest BCUT2D eigenvalue weighted by atomic mass is 19.1. The summed E-state index contributed by atoms with van der Waals surface area (Å²) in [6.45, 7) is 17.5. The summed E-state index contributed by atoms with van der Waals surface area (Å²) in [5.41, 5.74) is 6.65. The largest absolute Gasteiger partial charge is 0.377 e. The van der Waals surface area contributed by atoms with Gasteiger partial charge in [0.15, 0.2) is 0 Å². The number of aldehydes is 1. The molecular formula is C36H50F2O2. The maximum absolute atomic E-state index is 12.5. The lowest BCUT2D eigenvalue weighted by atomic mass is 9.87. The van der Waals surface area contributed by atoms with E-state index in [2.05, 4.69) is 19.8 Å². The quantitative estimate of drug-likeness (QED) is 0.134. The van der Waals surface area contributed by atoms with Gasteiger partial charge in [0.2, 0.25) is 0 Å². The fourth-order valence-corrected chi connectivity index (χ4v) is 3.44. The highest BCUT2D eigenvalue weighted by molar-refractivity contribution is 5.95. The van der Waals surface area contributed by atoms with Crippen molar-refractivity contribution in [3.05, 3.63) is 99.4 Å². The standard InChI is InChI=1S/C21H24O2.C9H10F2.C4H10.C2H6/c1-7-9-10-19(17(5)23-6)21(16(4)14-22)20-13-18(8-2)12-11-15(20)3;1-2-7-5-9(11)4-3-8(7)6-10;1-3-4-2;1-2/h2,7,9-14,17H,1,3-6H3;3-5H,2,6H2,1H3;3-4H2,1-2H3;1-2H3/b9-7-,19-10+,21-16+;;;. The van der Waals surface area contributed by atoms with Crippen LogP contribution in [0.25, 0.3) is 5.57 Å². The van der Waals surface area contributed by atoms with Gasteiger partial charge in [0.25, 0.3) is 0 Å². The zero-order chi connectivity index (χ0) is 31.1. The van der Waals surface area contributed by atoms with Crippen molar-refractivity contribution >= 4 is 11.9 Å². The fourth-order valence-electron chi connectivity index (χ4n) is 3.44. The molecule has 0 spiro atoms. The van der Waals surface area contributed by atoms with Gasteiger partial charge >= 0.3 is 0 Å². The van der Waals surface area contributed by atoms with E-state index in [1.807, 2.05) is 84.9 Å². The molecule has 4 heteroatoms. The molecule has 0 amide bonds. The number of carbonyl (C=O) groups is 1. The molecule has 1 unspecified atom stereocenters. The summed E-state index contributed by atoms with van der Waals surface area (Å²) < 4.78 is 30.2. The Bertz CT molecular complexity index is 1130. The van der Waals surface area contributed by atoms with Gasteiger partial charge in [-0.15, -0.1) is 6.42 Å². The van der Waals surface area contributed by atoms with E-state index in [1.165, 1.54) is 31.0 Å². The van der Waals surface area contributed by atoms with Gasteiger partial charge in [0, 0.05) is 12.7 Å². The summed E-state index contributed by atoms with van der Waals surface area (Å²) in [5, 5.41) is 0. The monoisotopic (exact) mass is 552 g/mol. The zero-order valence-electron chi connectivity index (χ0n) is 26.3. The molecule has 0 aliphatic carbocycles. The van der Waals surface area contributed by atoms with Crippen LogP contribution < -0.4 is 0 Å². The van der Waals surface area contributed by atoms with Crippen LogP contribution in [0.3, 0.4) is 0 Å². The normalized spacial score (nSPS) is 11.9. The molecule has 0 fully saturated rings. The number of halogens is 2. The molecule has 0 N–H and O–H groups in total. The highest BCUT2D eigenvalue weighted by Crippen LogP contribution is 2.32. The van der Waals surface area contributed by atoms with Crippen LogP contribution in [0.2, 0.25) is 0 Å². The van der Waals surface area contributed by atoms with E-state index in [-0.39, 0.29) is 11.9 Å². The van der Waals surface area contributed by atoms with Gasteiger partial charge in [0.05, 0.1) is 6.10 Å². The molecule has 0 saturated carbocycles. The molecule has 0 aromatic heterocycles. The van der Waals surface area contributed by atoms with Gasteiger partial charge < -0.3 is 4.74 Å². The number of hydrogen-bond acceptors (Lipinski definition) is 2. The Morgan fingerprint density at radius 1 is 1.07 bits per heavy atom. The molecule has 0 bridgehead atoms. The predicted molar refractivity (Wildman–Crippen MR) is 170 cm³/mol. The Morgan fingerprint density at radius 2 is 1.70 bits per heavy atom. The van der Waals surface area contributed by atoms with E-state index in [1.54, 1.807) is 7.11 Å². The molecule has 2 aromatic carbocycles. The van der Waals surface area contributed by atoms with Crippen LogP contribution in [-0.2, 0) is 22.6 Å². The number of methoxy groups -OCH3 is 1. The van der Waals surface area contributed by atoms with Crippen molar-refractivity contribution in [2.75, 3.05) is 7.11 Å². The van der Waals surface area contributed by atoms with Crippen LogP contribution in [0.15, 0.2) is 65.8 Å². The molecule has 2 rings (SSSR count). The van der Waals surface area contributed by atoms with Crippen molar-refractivity contribution in [3.8, 4) is 12.3 Å². The van der Waals surface area contributed by atoms with Gasteiger partial charge in [-0.05, 0) is 97.4 Å². The summed E-state index contributed by atoms with van der Waals surface area (Å²) in [6, 6.07) is 10.00. The summed E-state index contributed by atoms with van der Waals surface area (Å²) in [5.74, 6) is 2.36. The molecule has 0 saturated heterocycles. The number of allylic oxidation sites excluding steroid dienone is 4. The van der Waals surface area contributed by atoms with Crippen LogP contribution in [0.1, 0.15) is 96.0 Å². The summed E-state index contributed by atoms with van der Waals surface area (Å²) >= 11 is 0. The van der Waals surface area contributed by atoms with E-state index in [9.17, 15) is 13.6 Å². The number of ether oxygens (including phenoxy) is 1. The maximum atomic E-state index is 12.5. The minimum atomic E-state index is -0.510. The fraction of sp³-hybridized carbons (Fsp3) is 0.417. The van der Waals surface area contributed by atoms with Crippen molar-refractivity contribution in [2.24, 2.45) is 0 Å². The SMILES string of the molecule is C#Cc1ccc(C)c(C(/C(=C/C=C\C)C(C)OC)=C(\C)C=O)c1.CC.CCCC.CCc1cc(F)ccc1CF. The van der Waals surface area contributed by atoms with Crippen molar-refractivity contribution in [3.63, 3.8) is 0 Å². The van der Waals surface area contributed by atoms with E-state index >= 15 is 0 Å². The molecule has 0 radical (unpaired) electrons. The first kappa shape index (κ1) is 38.9. The molecule has 220 valence electrons. The van der Waals surface area contributed by atoms with E-state index < -0.39 is 6.67 Å². The highest BCUT2D eigenvalue weighted by Gasteiger charge is 2.19. The third-order valence-corrected chi connectivity index (χ3v) is 5.99. The second-order valence-electron chi connectivity index (χ2n) is 8.78. The lowest BCUT2D eigenvalue weighted by Gasteiger charge is -2.21. The number of aryl methyl sites for hydroxylation is 2. The Balaban J connectivity index is 0. The Morgan fingerprint density at radius 3 is 2.15 bits per heavy atom. The second-order valence-corrected chi connectivity index (χ2v) is 8.78. The van der Waals surface area contributed by atoms with E-state index in [4.69, 9.17) is 11.2 Å². The Hall–Kier alpha value is -3.29. The third kappa shape index (κ3) is 13.7. The van der Waals surface area contributed by atoms with Crippen molar-refractivity contribution in [2.45, 2.75) is 94.4 Å². The topological polar surface area (TPSA) is 26.3 Å². The summed E-state index contributed by atoms with van der Waals surface area (Å²) in [7, 11) is 1.66. The predicted octanol–water partition coefficient (Wildman–Crippen LogP) is 10.2. The molecular weight excluding hydrogens is 502 g/mol. The smallest absolute Gasteiger partial charge is 0.146 e. The lowest BCUT2D eigenvalue weighted by molar-refractivity contribution is -0.104. The number of alkyl halides is 1. The number of hydrogen-bond donors (Lipinski definition) is 0. The molecule has 2 nitrogen and oxygen atoms in total. The lowest BCUT2D eigenvalue weighted by Crippen LogP contribution is -2.12. The van der Waals surface area contributed by atoms with Crippen molar-refractivity contribution in [1.82, 2.24) is 0 Å². The first-order valence-electron chi connectivity index (χ1n) is 14.1. The van der Waals surface area contributed by atoms with Gasteiger partial charge in [-0.2, -0.15) is 0 Å². The Labute approximate surface area is 243 Å². The average Bonchev–Trinajstić information content (AvgIpc) is 3.00. The second kappa shape index (κ2) is 23.6. The van der Waals surface area contributed by atoms with Crippen LogP contribution in [0, 0.1) is 25.1 Å². The van der Waals surface area contributed by atoms with Gasteiger partial charge in [-0.1, -0.05) is 83.7 Å². The summed E-state index contributed by atoms with van der Waals surface area (Å²) in [6.07, 6.45) is 15.5. The summed E-state index contributed by atoms with van der Waals surface area (Å²) in [4.78, 5) is 11.5. The third-order valence-electron chi connectivity index (χ3n) is 5.99. The van der Waals surface area contributed by atoms with Crippen LogP contribution in [0.5, 0.6) is 0 Å². The molecule has 2 aromatic rings. The number of carbonyl (C=O) groups excluding carboxylic acids is 1. The van der Waals surface area contributed by atoms with Crippen molar-refractivity contribution in [1.29, 1.82) is 0 Å². The van der Waals surface area contributed by atoms with Gasteiger partial charge in [0.1, 0.15) is 18.8 Å². The minimum absolute atomic E-state index is 0.148. The number of unbranched alkanes of at least 4 members (excludes halogenated alkanes) is 1.